The molecule has 1 nitrogen and oxygen atoms in total. The largest absolute Gasteiger partial charge is 0.375 e. The first-order valence-electron chi connectivity index (χ1n) is 3.16. The average Bonchev–Trinajstić information content (AvgIpc) is 2.34. The summed E-state index contributed by atoms with van der Waals surface area (Å²) in [6, 6.07) is 0. The van der Waals surface area contributed by atoms with Crippen molar-refractivity contribution in [2.24, 2.45) is 0 Å². The van der Waals surface area contributed by atoms with Crippen molar-refractivity contribution in [3.63, 3.8) is 0 Å². The Balaban J connectivity index is 2.21. The van der Waals surface area contributed by atoms with Crippen molar-refractivity contribution in [2.75, 3.05) is 0 Å². The van der Waals surface area contributed by atoms with Crippen molar-refractivity contribution < 1.29 is 0 Å². The molecule has 1 heterocycles. The molecule has 0 aromatic heterocycles. The lowest BCUT2D eigenvalue weighted by molar-refractivity contribution is 0.939. The maximum atomic E-state index is 3.19. The van der Waals surface area contributed by atoms with Crippen LogP contribution in [0.1, 0.15) is 13.3 Å². The molecule has 0 fully saturated rings. The molecule has 0 aromatic carbocycles. The summed E-state index contributed by atoms with van der Waals surface area (Å²) in [5, 5.41) is 5.75. The molecule has 1 aliphatic rings. The molecule has 0 saturated heterocycles. The molecule has 0 bridgehead atoms. The molecular formula is C7H11NS. The van der Waals surface area contributed by atoms with Crippen LogP contribution in [-0.2, 0) is 0 Å². The van der Waals surface area contributed by atoms with Crippen LogP contribution in [0.2, 0.25) is 0 Å². The van der Waals surface area contributed by atoms with E-state index in [1.54, 1.807) is 11.8 Å². The fraction of sp³-hybridized carbons (Fsp3) is 0.429. The number of hydrogen-bond acceptors (Lipinski definition) is 2. The molecule has 2 heteroatoms. The van der Waals surface area contributed by atoms with Crippen molar-refractivity contribution in [1.29, 1.82) is 0 Å². The first kappa shape index (κ1) is 6.75. The molecule has 0 aromatic rings. The lowest BCUT2D eigenvalue weighted by Gasteiger charge is -2.00. The third kappa shape index (κ3) is 2.14. The minimum absolute atomic E-state index is 0.491. The zero-order chi connectivity index (χ0) is 6.53. The van der Waals surface area contributed by atoms with Gasteiger partial charge in [0.05, 0.1) is 5.37 Å². The summed E-state index contributed by atoms with van der Waals surface area (Å²) in [6.45, 7) is 2.14. The molecule has 1 unspecified atom stereocenters. The highest BCUT2D eigenvalue weighted by molar-refractivity contribution is 8.03. The Labute approximate surface area is 60.2 Å². The molecule has 1 N–H and O–H groups in total. The summed E-state index contributed by atoms with van der Waals surface area (Å²) in [4.78, 5) is 0. The molecule has 0 spiro atoms. The van der Waals surface area contributed by atoms with Crippen LogP contribution in [-0.4, -0.2) is 5.37 Å². The maximum absolute atomic E-state index is 3.19. The van der Waals surface area contributed by atoms with Gasteiger partial charge in [0.15, 0.2) is 0 Å². The molecule has 1 rings (SSSR count). The van der Waals surface area contributed by atoms with E-state index >= 15 is 0 Å². The Morgan fingerprint density at radius 3 is 3.22 bits per heavy atom. The lowest BCUT2D eigenvalue weighted by atomic mass is 10.4. The van der Waals surface area contributed by atoms with Crippen LogP contribution in [0, 0.1) is 0 Å². The summed E-state index contributed by atoms with van der Waals surface area (Å²) >= 11 is 1.80. The van der Waals surface area contributed by atoms with Crippen molar-refractivity contribution in [2.45, 2.75) is 18.7 Å². The van der Waals surface area contributed by atoms with Crippen LogP contribution in [0.25, 0.3) is 0 Å². The Hall–Kier alpha value is -0.370. The van der Waals surface area contributed by atoms with Gasteiger partial charge in [-0.25, -0.2) is 0 Å². The fourth-order valence-electron chi connectivity index (χ4n) is 0.658. The van der Waals surface area contributed by atoms with Gasteiger partial charge >= 0.3 is 0 Å². The summed E-state index contributed by atoms with van der Waals surface area (Å²) in [6.07, 6.45) is 7.47. The van der Waals surface area contributed by atoms with E-state index in [2.05, 4.69) is 29.8 Å². The number of nitrogens with one attached hydrogen (secondary N) is 1. The molecule has 1 aliphatic heterocycles. The minimum Gasteiger partial charge on any atom is -0.375 e. The lowest BCUT2D eigenvalue weighted by Crippen LogP contribution is -2.11. The Bertz CT molecular complexity index is 121. The Kier molecular flexibility index (Phi) is 2.71. The second-order valence-corrected chi connectivity index (χ2v) is 2.91. The third-order valence-corrected chi connectivity index (χ3v) is 1.98. The van der Waals surface area contributed by atoms with Crippen molar-refractivity contribution in [3.8, 4) is 0 Å². The Morgan fingerprint density at radius 2 is 2.67 bits per heavy atom. The van der Waals surface area contributed by atoms with Gasteiger partial charge in [0.25, 0.3) is 0 Å². The maximum Gasteiger partial charge on any atom is 0.0946 e. The second-order valence-electron chi connectivity index (χ2n) is 1.86. The smallest absolute Gasteiger partial charge is 0.0946 e. The molecule has 1 atom stereocenters. The first-order chi connectivity index (χ1) is 4.43. The molecule has 9 heavy (non-hydrogen) atoms. The van der Waals surface area contributed by atoms with Gasteiger partial charge in [-0.05, 0) is 11.8 Å². The average molecular weight is 141 g/mol. The number of thioether (sulfide) groups is 1. The monoisotopic (exact) mass is 141 g/mol. The highest BCUT2D eigenvalue weighted by atomic mass is 32.2. The number of allylic oxidation sites excluding steroid dienone is 1. The quantitative estimate of drug-likeness (QED) is 0.591. The van der Waals surface area contributed by atoms with Crippen LogP contribution >= 0.6 is 11.8 Å². The van der Waals surface area contributed by atoms with Crippen molar-refractivity contribution >= 4 is 11.8 Å². The normalized spacial score (nSPS) is 25.2. The minimum atomic E-state index is 0.491. The predicted octanol–water partition coefficient (Wildman–Crippen LogP) is 2.09. The SMILES string of the molecule is CC/C=C\C1NC=CS1. The van der Waals surface area contributed by atoms with E-state index < -0.39 is 0 Å². The summed E-state index contributed by atoms with van der Waals surface area (Å²) in [5.74, 6) is 0. The van der Waals surface area contributed by atoms with Crippen LogP contribution in [0.15, 0.2) is 23.8 Å². The van der Waals surface area contributed by atoms with E-state index in [0.717, 1.165) is 6.42 Å². The van der Waals surface area contributed by atoms with Gasteiger partial charge < -0.3 is 5.32 Å². The topological polar surface area (TPSA) is 12.0 Å². The zero-order valence-corrected chi connectivity index (χ0v) is 6.32. The number of hydrogen-bond donors (Lipinski definition) is 1. The highest BCUT2D eigenvalue weighted by Crippen LogP contribution is 2.15. The molecule has 0 aliphatic carbocycles. The van der Waals surface area contributed by atoms with Gasteiger partial charge in [0.1, 0.15) is 0 Å². The van der Waals surface area contributed by atoms with Gasteiger partial charge in [-0.2, -0.15) is 0 Å². The second kappa shape index (κ2) is 3.62. The number of rotatable bonds is 2. The van der Waals surface area contributed by atoms with Crippen molar-refractivity contribution in [1.82, 2.24) is 5.32 Å². The van der Waals surface area contributed by atoms with Crippen LogP contribution < -0.4 is 5.32 Å². The van der Waals surface area contributed by atoms with Crippen LogP contribution in [0.5, 0.6) is 0 Å². The van der Waals surface area contributed by atoms with E-state index in [0.29, 0.717) is 5.37 Å². The Morgan fingerprint density at radius 1 is 1.78 bits per heavy atom. The molecular weight excluding hydrogens is 130 g/mol. The highest BCUT2D eigenvalue weighted by Gasteiger charge is 2.02. The molecule has 0 radical (unpaired) electrons. The molecule has 0 amide bonds. The van der Waals surface area contributed by atoms with Gasteiger partial charge in [-0.1, -0.05) is 19.1 Å². The van der Waals surface area contributed by atoms with Gasteiger partial charge in [-0.3, -0.25) is 0 Å². The van der Waals surface area contributed by atoms with E-state index in [4.69, 9.17) is 0 Å². The van der Waals surface area contributed by atoms with Crippen molar-refractivity contribution in [3.05, 3.63) is 23.8 Å². The van der Waals surface area contributed by atoms with E-state index in [1.165, 1.54) is 0 Å². The predicted molar refractivity (Wildman–Crippen MR) is 43.1 cm³/mol. The fourth-order valence-corrected chi connectivity index (χ4v) is 1.34. The first-order valence-corrected chi connectivity index (χ1v) is 4.11. The van der Waals surface area contributed by atoms with E-state index in [1.807, 2.05) is 6.20 Å². The van der Waals surface area contributed by atoms with E-state index in [9.17, 15) is 0 Å². The summed E-state index contributed by atoms with van der Waals surface area (Å²) in [5.41, 5.74) is 0. The zero-order valence-electron chi connectivity index (χ0n) is 5.50. The summed E-state index contributed by atoms with van der Waals surface area (Å²) in [7, 11) is 0. The van der Waals surface area contributed by atoms with E-state index in [-0.39, 0.29) is 0 Å². The van der Waals surface area contributed by atoms with Crippen LogP contribution in [0.3, 0.4) is 0 Å². The standard InChI is InChI=1S/C7H11NS/c1-2-3-4-7-8-5-6-9-7/h3-8H,2H2,1H3/b4-3-. The third-order valence-electron chi connectivity index (χ3n) is 1.10. The van der Waals surface area contributed by atoms with Gasteiger partial charge in [0.2, 0.25) is 0 Å². The molecule has 0 saturated carbocycles. The molecule has 50 valence electrons. The van der Waals surface area contributed by atoms with Gasteiger partial charge in [0, 0.05) is 6.20 Å². The van der Waals surface area contributed by atoms with Crippen LogP contribution in [0.4, 0.5) is 0 Å². The van der Waals surface area contributed by atoms with Gasteiger partial charge in [-0.15, -0.1) is 11.8 Å². The summed E-state index contributed by atoms with van der Waals surface area (Å²) < 4.78 is 0.